The van der Waals surface area contributed by atoms with Gasteiger partial charge in [0.25, 0.3) is 0 Å². The standard InChI is InChI=1S/C11H19N3/c1-2-4-10-7-11(14-13-10)9-5-3-6-12-8-9/h7,9,12H,2-6,8H2,1H3,(H,13,14). The molecule has 0 aromatic carbocycles. The van der Waals surface area contributed by atoms with Crippen LogP contribution in [0.2, 0.25) is 0 Å². The molecule has 0 saturated carbocycles. The topological polar surface area (TPSA) is 40.7 Å². The van der Waals surface area contributed by atoms with Gasteiger partial charge in [-0.1, -0.05) is 13.3 Å². The van der Waals surface area contributed by atoms with E-state index < -0.39 is 0 Å². The van der Waals surface area contributed by atoms with Crippen molar-refractivity contribution in [2.45, 2.75) is 38.5 Å². The Morgan fingerprint density at radius 1 is 1.57 bits per heavy atom. The van der Waals surface area contributed by atoms with E-state index in [1.54, 1.807) is 0 Å². The third-order valence-corrected chi connectivity index (χ3v) is 2.89. The fourth-order valence-corrected chi connectivity index (χ4v) is 2.09. The van der Waals surface area contributed by atoms with E-state index in [1.807, 2.05) is 0 Å². The second-order valence-electron chi connectivity index (χ2n) is 4.11. The number of nitrogens with one attached hydrogen (secondary N) is 2. The molecule has 14 heavy (non-hydrogen) atoms. The normalized spacial score (nSPS) is 22.5. The molecule has 1 aliphatic rings. The number of nitrogens with zero attached hydrogens (tertiary/aromatic N) is 1. The van der Waals surface area contributed by atoms with Gasteiger partial charge >= 0.3 is 0 Å². The Morgan fingerprint density at radius 2 is 2.50 bits per heavy atom. The van der Waals surface area contributed by atoms with Crippen molar-refractivity contribution in [1.29, 1.82) is 0 Å². The van der Waals surface area contributed by atoms with Crippen molar-refractivity contribution in [2.24, 2.45) is 0 Å². The minimum Gasteiger partial charge on any atom is -0.316 e. The van der Waals surface area contributed by atoms with Gasteiger partial charge in [-0.3, -0.25) is 5.10 Å². The molecule has 0 aliphatic carbocycles. The minimum atomic E-state index is 0.630. The molecule has 1 aromatic heterocycles. The van der Waals surface area contributed by atoms with Crippen molar-refractivity contribution in [2.75, 3.05) is 13.1 Å². The van der Waals surface area contributed by atoms with Gasteiger partial charge in [-0.2, -0.15) is 5.10 Å². The van der Waals surface area contributed by atoms with Crippen molar-refractivity contribution in [1.82, 2.24) is 15.5 Å². The van der Waals surface area contributed by atoms with Crippen LogP contribution in [-0.2, 0) is 6.42 Å². The molecule has 0 amide bonds. The molecule has 3 heteroatoms. The van der Waals surface area contributed by atoms with Crippen molar-refractivity contribution in [3.8, 4) is 0 Å². The molecule has 1 aromatic rings. The largest absolute Gasteiger partial charge is 0.316 e. The highest BCUT2D eigenvalue weighted by Gasteiger charge is 2.17. The average Bonchev–Trinajstić information content (AvgIpc) is 2.68. The smallest absolute Gasteiger partial charge is 0.0668 e. The average molecular weight is 193 g/mol. The maximum atomic E-state index is 4.39. The van der Waals surface area contributed by atoms with Gasteiger partial charge in [-0.15, -0.1) is 0 Å². The lowest BCUT2D eigenvalue weighted by molar-refractivity contribution is 0.454. The molecular formula is C11H19N3. The Labute approximate surface area is 85.3 Å². The van der Waals surface area contributed by atoms with Crippen molar-refractivity contribution in [3.63, 3.8) is 0 Å². The highest BCUT2D eigenvalue weighted by atomic mass is 15.1. The highest BCUT2D eigenvalue weighted by Crippen LogP contribution is 2.21. The van der Waals surface area contributed by atoms with E-state index in [0.29, 0.717) is 5.92 Å². The summed E-state index contributed by atoms with van der Waals surface area (Å²) in [6.45, 7) is 4.46. The summed E-state index contributed by atoms with van der Waals surface area (Å²) in [5, 5.41) is 10.9. The summed E-state index contributed by atoms with van der Waals surface area (Å²) in [7, 11) is 0. The van der Waals surface area contributed by atoms with Gasteiger partial charge in [-0.25, -0.2) is 0 Å². The Hall–Kier alpha value is -0.830. The van der Waals surface area contributed by atoms with Gasteiger partial charge in [0.1, 0.15) is 0 Å². The number of hydrogen-bond acceptors (Lipinski definition) is 2. The fraction of sp³-hybridized carbons (Fsp3) is 0.727. The molecule has 1 saturated heterocycles. The van der Waals surface area contributed by atoms with E-state index in [1.165, 1.54) is 37.2 Å². The van der Waals surface area contributed by atoms with E-state index in [2.05, 4.69) is 28.5 Å². The van der Waals surface area contributed by atoms with Gasteiger partial charge in [0.15, 0.2) is 0 Å². The van der Waals surface area contributed by atoms with E-state index in [4.69, 9.17) is 0 Å². The summed E-state index contributed by atoms with van der Waals surface area (Å²) in [6, 6.07) is 2.24. The van der Waals surface area contributed by atoms with Gasteiger partial charge in [0.05, 0.1) is 5.69 Å². The van der Waals surface area contributed by atoms with Crippen LogP contribution < -0.4 is 5.32 Å². The fourth-order valence-electron chi connectivity index (χ4n) is 2.09. The van der Waals surface area contributed by atoms with Gasteiger partial charge < -0.3 is 5.32 Å². The van der Waals surface area contributed by atoms with Crippen molar-refractivity contribution < 1.29 is 0 Å². The first-order valence-corrected chi connectivity index (χ1v) is 5.65. The van der Waals surface area contributed by atoms with Crippen LogP contribution in [0.25, 0.3) is 0 Å². The number of hydrogen-bond donors (Lipinski definition) is 2. The number of aromatic amines is 1. The summed E-state index contributed by atoms with van der Waals surface area (Å²) < 4.78 is 0. The van der Waals surface area contributed by atoms with Crippen LogP contribution in [0.3, 0.4) is 0 Å². The second-order valence-corrected chi connectivity index (χ2v) is 4.11. The maximum absolute atomic E-state index is 4.39. The van der Waals surface area contributed by atoms with Crippen LogP contribution in [0.1, 0.15) is 43.5 Å². The molecule has 0 bridgehead atoms. The zero-order chi connectivity index (χ0) is 9.80. The molecule has 1 aliphatic heterocycles. The molecule has 0 spiro atoms. The second kappa shape index (κ2) is 4.60. The molecule has 1 fully saturated rings. The first kappa shape index (κ1) is 9.71. The van der Waals surface area contributed by atoms with E-state index in [0.717, 1.165) is 13.0 Å². The lowest BCUT2D eigenvalue weighted by Crippen LogP contribution is -2.28. The van der Waals surface area contributed by atoms with Crippen LogP contribution in [-0.4, -0.2) is 23.3 Å². The van der Waals surface area contributed by atoms with Crippen LogP contribution >= 0.6 is 0 Å². The van der Waals surface area contributed by atoms with Crippen LogP contribution in [0, 0.1) is 0 Å². The van der Waals surface area contributed by atoms with Gasteiger partial charge in [0.2, 0.25) is 0 Å². The molecule has 0 radical (unpaired) electrons. The predicted octanol–water partition coefficient (Wildman–Crippen LogP) is 1.83. The SMILES string of the molecule is CCCc1cc(C2CCCNC2)n[nH]1. The first-order chi connectivity index (χ1) is 6.90. The summed E-state index contributed by atoms with van der Waals surface area (Å²) in [5.74, 6) is 0.630. The molecule has 1 atom stereocenters. The predicted molar refractivity (Wildman–Crippen MR) is 57.4 cm³/mol. The first-order valence-electron chi connectivity index (χ1n) is 5.65. The number of rotatable bonds is 3. The molecule has 2 heterocycles. The molecule has 2 rings (SSSR count). The number of aromatic nitrogens is 2. The zero-order valence-corrected chi connectivity index (χ0v) is 8.84. The molecule has 1 unspecified atom stereocenters. The lowest BCUT2D eigenvalue weighted by Gasteiger charge is -2.20. The van der Waals surface area contributed by atoms with Crippen LogP contribution in [0.5, 0.6) is 0 Å². The molecular weight excluding hydrogens is 174 g/mol. The van der Waals surface area contributed by atoms with Crippen LogP contribution in [0.4, 0.5) is 0 Å². The Balaban J connectivity index is 2.00. The van der Waals surface area contributed by atoms with E-state index >= 15 is 0 Å². The molecule has 78 valence electrons. The van der Waals surface area contributed by atoms with E-state index in [-0.39, 0.29) is 0 Å². The summed E-state index contributed by atoms with van der Waals surface area (Å²) >= 11 is 0. The van der Waals surface area contributed by atoms with E-state index in [9.17, 15) is 0 Å². The van der Waals surface area contributed by atoms with Crippen molar-refractivity contribution in [3.05, 3.63) is 17.5 Å². The Bertz CT molecular complexity index is 274. The Kier molecular flexibility index (Phi) is 3.19. The van der Waals surface area contributed by atoms with Gasteiger partial charge in [-0.05, 0) is 31.9 Å². The number of aryl methyl sites for hydroxylation is 1. The lowest BCUT2D eigenvalue weighted by atomic mass is 9.96. The minimum absolute atomic E-state index is 0.630. The monoisotopic (exact) mass is 193 g/mol. The molecule has 2 N–H and O–H groups in total. The Morgan fingerprint density at radius 3 is 3.21 bits per heavy atom. The summed E-state index contributed by atoms with van der Waals surface area (Å²) in [4.78, 5) is 0. The number of H-pyrrole nitrogens is 1. The third kappa shape index (κ3) is 2.15. The maximum Gasteiger partial charge on any atom is 0.0668 e. The zero-order valence-electron chi connectivity index (χ0n) is 8.84. The van der Waals surface area contributed by atoms with Gasteiger partial charge in [0, 0.05) is 18.2 Å². The quantitative estimate of drug-likeness (QED) is 0.769. The highest BCUT2D eigenvalue weighted by molar-refractivity contribution is 5.14. The summed E-state index contributed by atoms with van der Waals surface area (Å²) in [6.07, 6.45) is 4.86. The summed E-state index contributed by atoms with van der Waals surface area (Å²) in [5.41, 5.74) is 2.54. The van der Waals surface area contributed by atoms with Crippen LogP contribution in [0.15, 0.2) is 6.07 Å². The van der Waals surface area contributed by atoms with Crippen molar-refractivity contribution >= 4 is 0 Å². The third-order valence-electron chi connectivity index (χ3n) is 2.89. The number of piperidine rings is 1. The molecule has 3 nitrogen and oxygen atoms in total.